The number of anilines is 1. The zero-order chi connectivity index (χ0) is 28.0. The Hall–Kier alpha value is -3.40. The van der Waals surface area contributed by atoms with Crippen molar-refractivity contribution in [1.82, 2.24) is 4.57 Å². The highest BCUT2D eigenvalue weighted by molar-refractivity contribution is 7.55. The predicted molar refractivity (Wildman–Crippen MR) is 138 cm³/mol. The second-order valence-electron chi connectivity index (χ2n) is 8.07. The lowest BCUT2D eigenvalue weighted by atomic mass is 10.1. The van der Waals surface area contributed by atoms with Gasteiger partial charge in [-0.25, -0.2) is 18.1 Å². The van der Waals surface area contributed by atoms with E-state index in [1.54, 1.807) is 39.0 Å². The Balaban J connectivity index is 2.29. The zero-order valence-electron chi connectivity index (χ0n) is 21.4. The van der Waals surface area contributed by atoms with Crippen molar-refractivity contribution in [3.05, 3.63) is 65.4 Å². The molecule has 1 aromatic heterocycles. The number of fused-ring (bicyclic) bond motifs is 1. The second kappa shape index (κ2) is 12.4. The molecule has 38 heavy (non-hydrogen) atoms. The first-order valence-electron chi connectivity index (χ1n) is 12.0. The van der Waals surface area contributed by atoms with Gasteiger partial charge in [-0.15, -0.1) is 0 Å². The summed E-state index contributed by atoms with van der Waals surface area (Å²) in [4.78, 5) is 40.1. The van der Waals surface area contributed by atoms with Gasteiger partial charge in [0.15, 0.2) is 0 Å². The first kappa shape index (κ1) is 29.2. The minimum Gasteiger partial charge on any atom is -0.449 e. The maximum atomic E-state index is 13.7. The fourth-order valence-electron chi connectivity index (χ4n) is 3.88. The van der Waals surface area contributed by atoms with Gasteiger partial charge < -0.3 is 19.1 Å². The van der Waals surface area contributed by atoms with Crippen LogP contribution in [0.4, 0.5) is 19.3 Å². The van der Waals surface area contributed by atoms with Gasteiger partial charge in [0.05, 0.1) is 31.0 Å². The van der Waals surface area contributed by atoms with Gasteiger partial charge >= 0.3 is 13.7 Å². The van der Waals surface area contributed by atoms with Crippen molar-refractivity contribution in [1.29, 1.82) is 0 Å². The minimum atomic E-state index is -3.92. The van der Waals surface area contributed by atoms with E-state index in [1.165, 1.54) is 25.1 Å². The monoisotopic (exact) mass is 550 g/mol. The van der Waals surface area contributed by atoms with Crippen LogP contribution in [0, 0.1) is 0 Å². The van der Waals surface area contributed by atoms with Crippen LogP contribution in [0.5, 0.6) is 0 Å². The van der Waals surface area contributed by atoms with E-state index in [-0.39, 0.29) is 47.7 Å². The maximum absolute atomic E-state index is 13.7. The molecule has 3 aromatic rings. The first-order valence-corrected chi connectivity index (χ1v) is 13.6. The Bertz CT molecular complexity index is 1360. The molecule has 12 heteroatoms. The van der Waals surface area contributed by atoms with Gasteiger partial charge in [0.25, 0.3) is 6.43 Å². The molecule has 204 valence electrons. The molecule has 0 aliphatic carbocycles. The molecule has 0 radical (unpaired) electrons. The summed E-state index contributed by atoms with van der Waals surface area (Å²) in [6.45, 7) is 6.06. The average Bonchev–Trinajstić information content (AvgIpc) is 3.21. The number of aromatic nitrogens is 1. The predicted octanol–water partition coefficient (Wildman–Crippen LogP) is 6.41. The Morgan fingerprint density at radius 3 is 2.16 bits per heavy atom. The summed E-state index contributed by atoms with van der Waals surface area (Å²) < 4.78 is 57.1. The van der Waals surface area contributed by atoms with Crippen LogP contribution in [-0.2, 0) is 23.1 Å². The number of nitrogens with one attached hydrogen (secondary N) is 1. The molecule has 3 rings (SSSR count). The molecule has 1 N–H and O–H groups in total. The van der Waals surface area contributed by atoms with Gasteiger partial charge in [0.1, 0.15) is 11.4 Å². The number of benzene rings is 2. The fourth-order valence-corrected chi connectivity index (χ4v) is 5.48. The molecule has 1 atom stereocenters. The molecular formula is C26H29F2N2O7P. The molecule has 1 amide bonds. The van der Waals surface area contributed by atoms with E-state index in [2.05, 4.69) is 5.32 Å². The van der Waals surface area contributed by atoms with Crippen molar-refractivity contribution in [2.45, 2.75) is 39.8 Å². The van der Waals surface area contributed by atoms with E-state index in [0.29, 0.717) is 0 Å². The maximum Gasteiger partial charge on any atom is 0.419 e. The third-order valence-electron chi connectivity index (χ3n) is 5.66. The highest BCUT2D eigenvalue weighted by atomic mass is 31.2. The van der Waals surface area contributed by atoms with Gasteiger partial charge in [-0.1, -0.05) is 36.4 Å². The molecule has 0 aliphatic heterocycles. The zero-order valence-corrected chi connectivity index (χ0v) is 22.3. The third kappa shape index (κ3) is 5.85. The van der Waals surface area contributed by atoms with Crippen LogP contribution in [0.25, 0.3) is 10.9 Å². The lowest BCUT2D eigenvalue weighted by molar-refractivity contribution is -0.116. The molecule has 0 saturated heterocycles. The van der Waals surface area contributed by atoms with Crippen molar-refractivity contribution in [2.24, 2.45) is 0 Å². The van der Waals surface area contributed by atoms with E-state index in [4.69, 9.17) is 13.8 Å². The number of nitrogens with zero attached hydrogens (tertiary/aromatic N) is 1. The molecule has 1 unspecified atom stereocenters. The number of rotatable bonds is 11. The van der Waals surface area contributed by atoms with Crippen molar-refractivity contribution < 1.29 is 41.5 Å². The average molecular weight is 550 g/mol. The van der Waals surface area contributed by atoms with Crippen LogP contribution in [0.3, 0.4) is 0 Å². The summed E-state index contributed by atoms with van der Waals surface area (Å²) in [5, 5.41) is 2.54. The quantitative estimate of drug-likeness (QED) is 0.217. The number of halogens is 2. The standard InChI is InChI=1S/C26H29F2N2O7P/c1-5-35-26(33)30-20-14-13-18(24(27)28)15-19(20)21(22(30)23(31)17-11-9-8-10-12-17)29-25(32)16(4)38(34,36-6-2)37-7-3/h8-16,24H,5-7H2,1-4H3,(H,29,32). The summed E-state index contributed by atoms with van der Waals surface area (Å²) in [6, 6.07) is 11.4. The lowest BCUT2D eigenvalue weighted by Gasteiger charge is -2.22. The second-order valence-corrected chi connectivity index (χ2v) is 10.4. The lowest BCUT2D eigenvalue weighted by Crippen LogP contribution is -2.28. The number of hydrogen-bond acceptors (Lipinski definition) is 7. The van der Waals surface area contributed by atoms with Crippen LogP contribution in [0.2, 0.25) is 0 Å². The molecule has 1 heterocycles. The number of hydrogen-bond donors (Lipinski definition) is 1. The van der Waals surface area contributed by atoms with Crippen molar-refractivity contribution in [3.8, 4) is 0 Å². The normalized spacial score (nSPS) is 12.5. The van der Waals surface area contributed by atoms with Crippen molar-refractivity contribution >= 4 is 42.0 Å². The van der Waals surface area contributed by atoms with Crippen molar-refractivity contribution in [2.75, 3.05) is 25.1 Å². The summed E-state index contributed by atoms with van der Waals surface area (Å²) in [7, 11) is -3.92. The molecule has 0 aliphatic rings. The smallest absolute Gasteiger partial charge is 0.419 e. The fraction of sp³-hybridized carbons (Fsp3) is 0.346. The van der Waals surface area contributed by atoms with E-state index < -0.39 is 43.0 Å². The van der Waals surface area contributed by atoms with Gasteiger partial charge in [-0.2, -0.15) is 0 Å². The Morgan fingerprint density at radius 2 is 1.61 bits per heavy atom. The van der Waals surface area contributed by atoms with E-state index in [1.807, 2.05) is 0 Å². The van der Waals surface area contributed by atoms with Gasteiger partial charge in [0, 0.05) is 16.5 Å². The van der Waals surface area contributed by atoms with E-state index in [9.17, 15) is 27.7 Å². The van der Waals surface area contributed by atoms with Crippen LogP contribution in [-0.4, -0.2) is 47.8 Å². The number of alkyl halides is 2. The largest absolute Gasteiger partial charge is 0.449 e. The molecular weight excluding hydrogens is 521 g/mol. The van der Waals surface area contributed by atoms with Crippen molar-refractivity contribution in [3.63, 3.8) is 0 Å². The van der Waals surface area contributed by atoms with Gasteiger partial charge in [-0.3, -0.25) is 14.2 Å². The summed E-state index contributed by atoms with van der Waals surface area (Å²) in [5.41, 5.74) is -2.00. The topological polar surface area (TPSA) is 113 Å². The van der Waals surface area contributed by atoms with Gasteiger partial charge in [-0.05, 0) is 39.8 Å². The first-order chi connectivity index (χ1) is 18.1. The summed E-state index contributed by atoms with van der Waals surface area (Å²) in [6.07, 6.45) is -3.80. The number of carbonyl (C=O) groups excluding carboxylic acids is 3. The van der Waals surface area contributed by atoms with Crippen LogP contribution in [0.15, 0.2) is 48.5 Å². The molecule has 0 spiro atoms. The number of ether oxygens (including phenoxy) is 1. The Morgan fingerprint density at radius 1 is 0.974 bits per heavy atom. The third-order valence-corrected chi connectivity index (χ3v) is 8.08. The van der Waals surface area contributed by atoms with Crippen LogP contribution in [0.1, 0.15) is 55.7 Å². The molecule has 2 aromatic carbocycles. The van der Waals surface area contributed by atoms with E-state index >= 15 is 0 Å². The molecule has 0 saturated carbocycles. The Labute approximate surface area is 218 Å². The Kier molecular flexibility index (Phi) is 9.54. The molecule has 0 bridgehead atoms. The number of ketones is 1. The minimum absolute atomic E-state index is 0.00154. The highest BCUT2D eigenvalue weighted by Crippen LogP contribution is 2.53. The van der Waals surface area contributed by atoms with Crippen LogP contribution < -0.4 is 5.32 Å². The highest BCUT2D eigenvalue weighted by Gasteiger charge is 2.39. The SMILES string of the molecule is CCOC(=O)n1c(C(=O)c2ccccc2)c(NC(=O)C(C)P(=O)(OCC)OCC)c2cc(C(F)F)ccc21. The number of carbonyl (C=O) groups is 3. The number of amides is 1. The van der Waals surface area contributed by atoms with E-state index in [0.717, 1.165) is 16.7 Å². The van der Waals surface area contributed by atoms with Gasteiger partial charge in [0.2, 0.25) is 11.7 Å². The molecule has 9 nitrogen and oxygen atoms in total. The molecule has 0 fully saturated rings. The summed E-state index contributed by atoms with van der Waals surface area (Å²) in [5.74, 6) is -1.53. The summed E-state index contributed by atoms with van der Waals surface area (Å²) >= 11 is 0. The van der Waals surface area contributed by atoms with Crippen LogP contribution >= 0.6 is 7.60 Å².